The van der Waals surface area contributed by atoms with E-state index in [-0.39, 0.29) is 5.91 Å². The number of nitrogens with zero attached hydrogens (tertiary/aromatic N) is 1. The summed E-state index contributed by atoms with van der Waals surface area (Å²) in [6, 6.07) is 7.38. The summed E-state index contributed by atoms with van der Waals surface area (Å²) >= 11 is 3.36. The molecule has 3 nitrogen and oxygen atoms in total. The summed E-state index contributed by atoms with van der Waals surface area (Å²) in [5.74, 6) is 0.684. The Balaban J connectivity index is 2.93. The highest BCUT2D eigenvalue weighted by atomic mass is 79.9. The number of ether oxygens (including phenoxy) is 1. The molecule has 0 saturated heterocycles. The number of para-hydroxylation sites is 1. The molecule has 1 aromatic rings. The van der Waals surface area contributed by atoms with Crippen LogP contribution in [0.3, 0.4) is 0 Å². The van der Waals surface area contributed by atoms with Crippen molar-refractivity contribution < 1.29 is 9.53 Å². The summed E-state index contributed by atoms with van der Waals surface area (Å²) in [5, 5.41) is 0.781. The summed E-state index contributed by atoms with van der Waals surface area (Å²) in [5.41, 5.74) is 0.636. The largest absolute Gasteiger partial charge is 0.493 e. The van der Waals surface area contributed by atoms with E-state index < -0.39 is 0 Å². The molecule has 94 valence electrons. The molecular weight excluding hydrogens is 282 g/mol. The lowest BCUT2D eigenvalue weighted by Gasteiger charge is -2.21. The number of benzene rings is 1. The van der Waals surface area contributed by atoms with Gasteiger partial charge in [-0.15, -0.1) is 0 Å². The number of rotatable bonds is 6. The Kier molecular flexibility index (Phi) is 6.05. The molecule has 0 aliphatic rings. The highest BCUT2D eigenvalue weighted by molar-refractivity contribution is 9.09. The standard InChI is InChI=1S/C13H18BrNO2/c1-3-15(10-9-14)13(16)11-7-5-6-8-12(11)17-4-2/h5-8H,3-4,9-10H2,1-2H3. The molecule has 0 fully saturated rings. The zero-order valence-corrected chi connectivity index (χ0v) is 11.9. The predicted molar refractivity (Wildman–Crippen MR) is 73.0 cm³/mol. The molecule has 0 heterocycles. The van der Waals surface area contributed by atoms with Crippen molar-refractivity contribution in [1.82, 2.24) is 4.90 Å². The average Bonchev–Trinajstić information content (AvgIpc) is 2.36. The van der Waals surface area contributed by atoms with Gasteiger partial charge < -0.3 is 9.64 Å². The van der Waals surface area contributed by atoms with Crippen molar-refractivity contribution >= 4 is 21.8 Å². The Hall–Kier alpha value is -1.03. The molecule has 0 radical (unpaired) electrons. The van der Waals surface area contributed by atoms with Crippen LogP contribution in [0.4, 0.5) is 0 Å². The lowest BCUT2D eigenvalue weighted by atomic mass is 10.1. The first-order valence-electron chi connectivity index (χ1n) is 5.81. The van der Waals surface area contributed by atoms with Gasteiger partial charge in [-0.05, 0) is 26.0 Å². The molecule has 0 atom stereocenters. The Morgan fingerprint density at radius 2 is 2.06 bits per heavy atom. The van der Waals surface area contributed by atoms with Crippen LogP contribution in [-0.2, 0) is 0 Å². The lowest BCUT2D eigenvalue weighted by Crippen LogP contribution is -2.32. The second-order valence-electron chi connectivity index (χ2n) is 3.50. The van der Waals surface area contributed by atoms with Crippen LogP contribution in [0.1, 0.15) is 24.2 Å². The third-order valence-electron chi connectivity index (χ3n) is 2.44. The Bertz CT molecular complexity index is 368. The van der Waals surface area contributed by atoms with Gasteiger partial charge in [0.2, 0.25) is 0 Å². The van der Waals surface area contributed by atoms with Crippen molar-refractivity contribution in [1.29, 1.82) is 0 Å². The fourth-order valence-electron chi connectivity index (χ4n) is 1.60. The molecule has 17 heavy (non-hydrogen) atoms. The molecule has 0 aliphatic carbocycles. The van der Waals surface area contributed by atoms with Crippen LogP contribution in [0.5, 0.6) is 5.75 Å². The number of carbonyl (C=O) groups excluding carboxylic acids is 1. The first-order valence-corrected chi connectivity index (χ1v) is 6.93. The van der Waals surface area contributed by atoms with E-state index in [1.54, 1.807) is 4.90 Å². The number of hydrogen-bond acceptors (Lipinski definition) is 2. The lowest BCUT2D eigenvalue weighted by molar-refractivity contribution is 0.0771. The second kappa shape index (κ2) is 7.33. The molecule has 0 unspecified atom stereocenters. The highest BCUT2D eigenvalue weighted by Gasteiger charge is 2.17. The molecule has 4 heteroatoms. The van der Waals surface area contributed by atoms with Gasteiger partial charge in [0.1, 0.15) is 5.75 Å². The normalized spacial score (nSPS) is 10.1. The van der Waals surface area contributed by atoms with Crippen molar-refractivity contribution in [2.45, 2.75) is 13.8 Å². The first-order chi connectivity index (χ1) is 8.24. The van der Waals surface area contributed by atoms with Crippen LogP contribution in [-0.4, -0.2) is 35.8 Å². The molecule has 0 aliphatic heterocycles. The molecule has 0 spiro atoms. The summed E-state index contributed by atoms with van der Waals surface area (Å²) in [7, 11) is 0. The van der Waals surface area contributed by atoms with Crippen molar-refractivity contribution in [3.05, 3.63) is 29.8 Å². The van der Waals surface area contributed by atoms with E-state index >= 15 is 0 Å². The van der Waals surface area contributed by atoms with Crippen LogP contribution < -0.4 is 4.74 Å². The highest BCUT2D eigenvalue weighted by Crippen LogP contribution is 2.19. The maximum Gasteiger partial charge on any atom is 0.257 e. The Morgan fingerprint density at radius 3 is 2.65 bits per heavy atom. The molecule has 0 saturated carbocycles. The van der Waals surface area contributed by atoms with Crippen molar-refractivity contribution in [3.8, 4) is 5.75 Å². The summed E-state index contributed by atoms with van der Waals surface area (Å²) < 4.78 is 5.47. The van der Waals surface area contributed by atoms with E-state index in [2.05, 4.69) is 15.9 Å². The van der Waals surface area contributed by atoms with Crippen LogP contribution >= 0.6 is 15.9 Å². The van der Waals surface area contributed by atoms with Crippen molar-refractivity contribution in [3.63, 3.8) is 0 Å². The number of amides is 1. The number of carbonyl (C=O) groups is 1. The molecule has 1 aromatic carbocycles. The van der Waals surface area contributed by atoms with Gasteiger partial charge in [0.25, 0.3) is 5.91 Å². The molecule has 1 amide bonds. The van der Waals surface area contributed by atoms with E-state index in [0.717, 1.165) is 5.33 Å². The average molecular weight is 300 g/mol. The number of alkyl halides is 1. The fourth-order valence-corrected chi connectivity index (χ4v) is 2.03. The molecule has 0 aromatic heterocycles. The Morgan fingerprint density at radius 1 is 1.35 bits per heavy atom. The van der Waals surface area contributed by atoms with Gasteiger partial charge in [0.15, 0.2) is 0 Å². The Labute approximate surface area is 111 Å². The minimum absolute atomic E-state index is 0.0241. The predicted octanol–water partition coefficient (Wildman–Crippen LogP) is 2.94. The summed E-state index contributed by atoms with van der Waals surface area (Å²) in [4.78, 5) is 14.1. The van der Waals surface area contributed by atoms with Gasteiger partial charge in [-0.2, -0.15) is 0 Å². The van der Waals surface area contributed by atoms with E-state index in [1.807, 2.05) is 38.1 Å². The number of halogens is 1. The molecule has 0 bridgehead atoms. The van der Waals surface area contributed by atoms with E-state index in [0.29, 0.717) is 31.0 Å². The van der Waals surface area contributed by atoms with E-state index in [9.17, 15) is 4.79 Å². The van der Waals surface area contributed by atoms with Crippen LogP contribution in [0.2, 0.25) is 0 Å². The first kappa shape index (κ1) is 14.0. The van der Waals surface area contributed by atoms with Gasteiger partial charge in [-0.1, -0.05) is 28.1 Å². The SMILES string of the molecule is CCOc1ccccc1C(=O)N(CC)CCBr. The zero-order chi connectivity index (χ0) is 12.7. The monoisotopic (exact) mass is 299 g/mol. The minimum Gasteiger partial charge on any atom is -0.493 e. The molecular formula is C13H18BrNO2. The molecule has 0 N–H and O–H groups in total. The van der Waals surface area contributed by atoms with Gasteiger partial charge in [-0.25, -0.2) is 0 Å². The quantitative estimate of drug-likeness (QED) is 0.756. The van der Waals surface area contributed by atoms with Crippen LogP contribution in [0.25, 0.3) is 0 Å². The third-order valence-corrected chi connectivity index (χ3v) is 2.80. The van der Waals surface area contributed by atoms with E-state index in [1.165, 1.54) is 0 Å². The summed E-state index contributed by atoms with van der Waals surface area (Å²) in [6.07, 6.45) is 0. The van der Waals surface area contributed by atoms with Crippen LogP contribution in [0.15, 0.2) is 24.3 Å². The molecule has 1 rings (SSSR count). The van der Waals surface area contributed by atoms with Crippen LogP contribution in [0, 0.1) is 0 Å². The van der Waals surface area contributed by atoms with Gasteiger partial charge in [0, 0.05) is 18.4 Å². The maximum atomic E-state index is 12.3. The smallest absolute Gasteiger partial charge is 0.257 e. The fraction of sp³-hybridized carbons (Fsp3) is 0.462. The summed E-state index contributed by atoms with van der Waals surface area (Å²) in [6.45, 7) is 5.86. The third kappa shape index (κ3) is 3.73. The van der Waals surface area contributed by atoms with E-state index in [4.69, 9.17) is 4.74 Å². The van der Waals surface area contributed by atoms with Gasteiger partial charge in [0.05, 0.1) is 12.2 Å². The topological polar surface area (TPSA) is 29.5 Å². The van der Waals surface area contributed by atoms with Crippen molar-refractivity contribution in [2.24, 2.45) is 0 Å². The second-order valence-corrected chi connectivity index (χ2v) is 4.30. The minimum atomic E-state index is 0.0241. The zero-order valence-electron chi connectivity index (χ0n) is 10.3. The van der Waals surface area contributed by atoms with Gasteiger partial charge in [-0.3, -0.25) is 4.79 Å². The maximum absolute atomic E-state index is 12.3. The van der Waals surface area contributed by atoms with Gasteiger partial charge >= 0.3 is 0 Å². The number of hydrogen-bond donors (Lipinski definition) is 0. The van der Waals surface area contributed by atoms with Crippen molar-refractivity contribution in [2.75, 3.05) is 25.0 Å².